The molecule has 0 saturated heterocycles. The Balaban J connectivity index is 3.96. The van der Waals surface area contributed by atoms with Crippen molar-refractivity contribution in [2.45, 2.75) is 25.3 Å². The number of carbonyl (C=O) groups is 2. The molecule has 0 heterocycles. The highest BCUT2D eigenvalue weighted by Crippen LogP contribution is 1.99. The molecule has 0 aromatic rings. The highest BCUT2D eigenvalue weighted by atomic mass is 16.2. The number of carbonyl (C=O) groups excluding carboxylic acids is 2. The molecule has 0 fully saturated rings. The molecule has 5 N–H and O–H groups in total. The van der Waals surface area contributed by atoms with E-state index in [1.807, 2.05) is 0 Å². The van der Waals surface area contributed by atoms with E-state index in [2.05, 4.69) is 11.9 Å². The molecule has 0 radical (unpaired) electrons. The fourth-order valence-electron chi connectivity index (χ4n) is 1.01. The van der Waals surface area contributed by atoms with Crippen molar-refractivity contribution in [1.82, 2.24) is 5.32 Å². The Hall–Kier alpha value is -1.36. The van der Waals surface area contributed by atoms with E-state index in [9.17, 15) is 9.59 Å². The van der Waals surface area contributed by atoms with Crippen molar-refractivity contribution in [1.29, 1.82) is 0 Å². The molecule has 5 heteroatoms. The summed E-state index contributed by atoms with van der Waals surface area (Å²) < 4.78 is 0. The number of hydrogen-bond donors (Lipinski definition) is 3. The van der Waals surface area contributed by atoms with Crippen LogP contribution < -0.4 is 16.8 Å². The quantitative estimate of drug-likeness (QED) is 0.372. The molecule has 0 aliphatic carbocycles. The number of nitrogens with two attached hydrogens (primary N) is 2. The summed E-state index contributed by atoms with van der Waals surface area (Å²) in [7, 11) is 0. The Morgan fingerprint density at radius 2 is 2.07 bits per heavy atom. The van der Waals surface area contributed by atoms with Gasteiger partial charge in [0.1, 0.15) is 6.04 Å². The molecule has 14 heavy (non-hydrogen) atoms. The zero-order valence-electron chi connectivity index (χ0n) is 8.16. The molecule has 0 bridgehead atoms. The minimum absolute atomic E-state index is 0.387. The van der Waals surface area contributed by atoms with Crippen molar-refractivity contribution in [2.75, 3.05) is 6.54 Å². The predicted molar refractivity (Wildman–Crippen MR) is 54.2 cm³/mol. The van der Waals surface area contributed by atoms with Crippen LogP contribution in [0.1, 0.15) is 19.3 Å². The molecule has 0 aliphatic rings. The number of nitrogens with one attached hydrogen (secondary N) is 1. The first kappa shape index (κ1) is 12.6. The van der Waals surface area contributed by atoms with Crippen molar-refractivity contribution in [3.63, 3.8) is 0 Å². The van der Waals surface area contributed by atoms with Gasteiger partial charge in [-0.05, 0) is 31.9 Å². The fourth-order valence-corrected chi connectivity index (χ4v) is 1.01. The van der Waals surface area contributed by atoms with Gasteiger partial charge in [-0.2, -0.15) is 0 Å². The molecule has 2 amide bonds. The summed E-state index contributed by atoms with van der Waals surface area (Å²) in [5.74, 6) is -0.918. The maximum absolute atomic E-state index is 10.9. The Morgan fingerprint density at radius 1 is 1.43 bits per heavy atom. The Kier molecular flexibility index (Phi) is 6.39. The molecule has 5 nitrogen and oxygen atoms in total. The van der Waals surface area contributed by atoms with Crippen LogP contribution in [0.2, 0.25) is 0 Å². The van der Waals surface area contributed by atoms with Crippen molar-refractivity contribution < 1.29 is 9.59 Å². The van der Waals surface area contributed by atoms with Gasteiger partial charge in [0.2, 0.25) is 11.8 Å². The molecule has 0 aromatic carbocycles. The SMILES string of the molecule is C=CC(=O)N[C@@H](CCCCN)C(N)=O. The van der Waals surface area contributed by atoms with Crippen LogP contribution in [-0.2, 0) is 9.59 Å². The van der Waals surface area contributed by atoms with E-state index in [-0.39, 0.29) is 5.91 Å². The van der Waals surface area contributed by atoms with Gasteiger partial charge in [-0.25, -0.2) is 0 Å². The van der Waals surface area contributed by atoms with Crippen LogP contribution in [0.25, 0.3) is 0 Å². The minimum atomic E-state index is -0.618. The summed E-state index contributed by atoms with van der Waals surface area (Å²) in [5, 5.41) is 2.45. The normalized spacial score (nSPS) is 11.8. The lowest BCUT2D eigenvalue weighted by atomic mass is 10.1. The average molecular weight is 199 g/mol. The largest absolute Gasteiger partial charge is 0.368 e. The lowest BCUT2D eigenvalue weighted by Crippen LogP contribution is -2.43. The van der Waals surface area contributed by atoms with Crippen molar-refractivity contribution in [2.24, 2.45) is 11.5 Å². The van der Waals surface area contributed by atoms with E-state index in [0.29, 0.717) is 13.0 Å². The average Bonchev–Trinajstić information content (AvgIpc) is 2.16. The van der Waals surface area contributed by atoms with Crippen LogP contribution in [0.3, 0.4) is 0 Å². The highest BCUT2D eigenvalue weighted by molar-refractivity contribution is 5.91. The maximum atomic E-state index is 10.9. The van der Waals surface area contributed by atoms with Crippen LogP contribution >= 0.6 is 0 Å². The smallest absolute Gasteiger partial charge is 0.244 e. The monoisotopic (exact) mass is 199 g/mol. The van der Waals surface area contributed by atoms with Gasteiger partial charge in [-0.1, -0.05) is 6.58 Å². The summed E-state index contributed by atoms with van der Waals surface area (Å²) in [6, 6.07) is -0.618. The number of primary amides is 1. The number of amides is 2. The van der Waals surface area contributed by atoms with Gasteiger partial charge in [0.15, 0.2) is 0 Å². The summed E-state index contributed by atoms with van der Waals surface area (Å²) in [4.78, 5) is 21.8. The number of hydrogen-bond acceptors (Lipinski definition) is 3. The van der Waals surface area contributed by atoms with Crippen LogP contribution in [0.4, 0.5) is 0 Å². The van der Waals surface area contributed by atoms with Crippen LogP contribution in [-0.4, -0.2) is 24.4 Å². The zero-order valence-corrected chi connectivity index (χ0v) is 8.16. The maximum Gasteiger partial charge on any atom is 0.244 e. The summed E-state index contributed by atoms with van der Waals surface area (Å²) >= 11 is 0. The molecule has 80 valence electrons. The molecular formula is C9H17N3O2. The summed E-state index contributed by atoms with van der Waals surface area (Å²) in [6.45, 7) is 3.86. The van der Waals surface area contributed by atoms with Crippen LogP contribution in [0.5, 0.6) is 0 Å². The molecule has 0 aliphatic heterocycles. The second-order valence-electron chi connectivity index (χ2n) is 2.95. The van der Waals surface area contributed by atoms with Gasteiger partial charge >= 0.3 is 0 Å². The number of rotatable bonds is 7. The highest BCUT2D eigenvalue weighted by Gasteiger charge is 2.15. The predicted octanol–water partition coefficient (Wildman–Crippen LogP) is -0.728. The fraction of sp³-hybridized carbons (Fsp3) is 0.556. The van der Waals surface area contributed by atoms with Gasteiger partial charge in [-0.3, -0.25) is 9.59 Å². The van der Waals surface area contributed by atoms with E-state index in [0.717, 1.165) is 18.9 Å². The molecule has 1 atom stereocenters. The first-order chi connectivity index (χ1) is 6.61. The van der Waals surface area contributed by atoms with Gasteiger partial charge in [0.05, 0.1) is 0 Å². The third-order valence-corrected chi connectivity index (χ3v) is 1.79. The second-order valence-corrected chi connectivity index (χ2v) is 2.95. The Bertz CT molecular complexity index is 216. The molecule has 0 saturated carbocycles. The van der Waals surface area contributed by atoms with Crippen LogP contribution in [0.15, 0.2) is 12.7 Å². The number of unbranched alkanes of at least 4 members (excludes halogenated alkanes) is 1. The van der Waals surface area contributed by atoms with E-state index < -0.39 is 11.9 Å². The third-order valence-electron chi connectivity index (χ3n) is 1.79. The second kappa shape index (κ2) is 7.08. The third kappa shape index (κ3) is 5.31. The zero-order chi connectivity index (χ0) is 11.0. The molecule has 0 unspecified atom stereocenters. The van der Waals surface area contributed by atoms with Gasteiger partial charge < -0.3 is 16.8 Å². The van der Waals surface area contributed by atoms with Crippen molar-refractivity contribution in [3.05, 3.63) is 12.7 Å². The Labute approximate surface area is 83.5 Å². The van der Waals surface area contributed by atoms with Crippen LogP contribution in [0, 0.1) is 0 Å². The molecule has 0 spiro atoms. The van der Waals surface area contributed by atoms with Crippen molar-refractivity contribution in [3.8, 4) is 0 Å². The summed E-state index contributed by atoms with van der Waals surface area (Å²) in [5.41, 5.74) is 10.4. The van der Waals surface area contributed by atoms with Gasteiger partial charge in [-0.15, -0.1) is 0 Å². The lowest BCUT2D eigenvalue weighted by molar-refractivity contribution is -0.125. The van der Waals surface area contributed by atoms with Crippen molar-refractivity contribution >= 4 is 11.8 Å². The first-order valence-electron chi connectivity index (χ1n) is 4.54. The van der Waals surface area contributed by atoms with Gasteiger partial charge in [0.25, 0.3) is 0 Å². The molecule has 0 aromatic heterocycles. The van der Waals surface area contributed by atoms with E-state index in [4.69, 9.17) is 11.5 Å². The van der Waals surface area contributed by atoms with Gasteiger partial charge in [0, 0.05) is 0 Å². The molecule has 0 rings (SSSR count). The minimum Gasteiger partial charge on any atom is -0.368 e. The lowest BCUT2D eigenvalue weighted by Gasteiger charge is -2.13. The van der Waals surface area contributed by atoms with E-state index >= 15 is 0 Å². The van der Waals surface area contributed by atoms with E-state index in [1.165, 1.54) is 0 Å². The topological polar surface area (TPSA) is 98.2 Å². The molecular weight excluding hydrogens is 182 g/mol. The standard InChI is InChI=1S/C9H17N3O2/c1-2-8(13)12-7(9(11)14)5-3-4-6-10/h2,7H,1,3-6,10H2,(H2,11,14)(H,12,13)/t7-/m0/s1. The van der Waals surface area contributed by atoms with E-state index in [1.54, 1.807) is 0 Å². The summed E-state index contributed by atoms with van der Waals surface area (Å²) in [6.07, 6.45) is 3.21. The first-order valence-corrected chi connectivity index (χ1v) is 4.54. The Morgan fingerprint density at radius 3 is 2.50 bits per heavy atom.